The van der Waals surface area contributed by atoms with Gasteiger partial charge in [-0.25, -0.2) is 0 Å². The predicted octanol–water partition coefficient (Wildman–Crippen LogP) is 14.0. The molecule has 51 heavy (non-hydrogen) atoms. The maximum atomic E-state index is 12.1. The summed E-state index contributed by atoms with van der Waals surface area (Å²) in [7, 11) is 0. The summed E-state index contributed by atoms with van der Waals surface area (Å²) in [6.45, 7) is 5.12. The third-order valence-electron chi connectivity index (χ3n) is 8.72. The molecule has 0 saturated heterocycles. The second-order valence-corrected chi connectivity index (χ2v) is 13.7. The fraction of sp³-hybridized carbons (Fsp3) is 0.681. The number of unbranched alkanes of at least 4 members (excludes halogenated alkanes) is 16. The Hall–Kier alpha value is -2.43. The molecule has 0 bridgehead atoms. The maximum absolute atomic E-state index is 12.1. The van der Waals surface area contributed by atoms with Crippen LogP contribution in [0.25, 0.3) is 0 Å². The highest BCUT2D eigenvalue weighted by Crippen LogP contribution is 2.13. The molecular formula is C47H80O4. The summed E-state index contributed by atoms with van der Waals surface area (Å²) in [4.78, 5) is 12.1. The van der Waals surface area contributed by atoms with Crippen molar-refractivity contribution in [3.8, 4) is 0 Å². The van der Waals surface area contributed by atoms with E-state index in [0.29, 0.717) is 19.4 Å². The monoisotopic (exact) mass is 709 g/mol. The lowest BCUT2D eigenvalue weighted by Gasteiger charge is -2.15. The second-order valence-electron chi connectivity index (χ2n) is 13.7. The first kappa shape index (κ1) is 48.6. The zero-order valence-electron chi connectivity index (χ0n) is 33.3. The van der Waals surface area contributed by atoms with Gasteiger partial charge in [0.05, 0.1) is 13.2 Å². The van der Waals surface area contributed by atoms with E-state index in [1.807, 2.05) is 6.08 Å². The topological polar surface area (TPSA) is 55.8 Å². The summed E-state index contributed by atoms with van der Waals surface area (Å²) < 4.78 is 11.1. The molecule has 0 aliphatic rings. The van der Waals surface area contributed by atoms with Crippen LogP contribution in [0, 0.1) is 0 Å². The number of esters is 1. The van der Waals surface area contributed by atoms with Gasteiger partial charge in [-0.3, -0.25) is 4.79 Å². The quantitative estimate of drug-likeness (QED) is 0.0394. The van der Waals surface area contributed by atoms with Gasteiger partial charge in [0, 0.05) is 13.0 Å². The van der Waals surface area contributed by atoms with E-state index in [1.54, 1.807) is 0 Å². The molecule has 4 nitrogen and oxygen atoms in total. The lowest BCUT2D eigenvalue weighted by Crippen LogP contribution is -2.27. The highest BCUT2D eigenvalue weighted by atomic mass is 16.6. The van der Waals surface area contributed by atoms with Crippen LogP contribution in [-0.2, 0) is 14.3 Å². The van der Waals surface area contributed by atoms with Crippen LogP contribution in [0.3, 0.4) is 0 Å². The first-order valence-corrected chi connectivity index (χ1v) is 21.2. The maximum Gasteiger partial charge on any atom is 0.306 e. The number of aliphatic hydroxyl groups is 1. The van der Waals surface area contributed by atoms with Crippen molar-refractivity contribution in [2.45, 2.75) is 187 Å². The Morgan fingerprint density at radius 2 is 0.882 bits per heavy atom. The van der Waals surface area contributed by atoms with Gasteiger partial charge in [-0.1, -0.05) is 182 Å². The van der Waals surface area contributed by atoms with Crippen molar-refractivity contribution >= 4 is 5.97 Å². The van der Waals surface area contributed by atoms with E-state index in [9.17, 15) is 9.90 Å². The zero-order chi connectivity index (χ0) is 37.0. The van der Waals surface area contributed by atoms with E-state index in [4.69, 9.17) is 9.47 Å². The van der Waals surface area contributed by atoms with Crippen molar-refractivity contribution in [2.75, 3.05) is 19.8 Å². The van der Waals surface area contributed by atoms with Crippen molar-refractivity contribution < 1.29 is 19.4 Å². The average molecular weight is 709 g/mol. The molecule has 0 fully saturated rings. The summed E-state index contributed by atoms with van der Waals surface area (Å²) in [6, 6.07) is 0. The summed E-state index contributed by atoms with van der Waals surface area (Å²) in [6.07, 6.45) is 60.9. The largest absolute Gasteiger partial charge is 0.457 e. The van der Waals surface area contributed by atoms with Crippen molar-refractivity contribution in [1.29, 1.82) is 0 Å². The molecule has 0 rings (SSSR count). The second kappa shape index (κ2) is 43.7. The molecule has 1 atom stereocenters. The number of ether oxygens (including phenoxy) is 2. The van der Waals surface area contributed by atoms with Crippen LogP contribution >= 0.6 is 0 Å². The van der Waals surface area contributed by atoms with Gasteiger partial charge in [0.25, 0.3) is 0 Å². The number of rotatable bonds is 38. The Bertz CT molecular complexity index is 923. The molecule has 0 spiro atoms. The number of hydrogen-bond acceptors (Lipinski definition) is 4. The summed E-state index contributed by atoms with van der Waals surface area (Å²) in [5.41, 5.74) is 0. The lowest BCUT2D eigenvalue weighted by molar-refractivity contribution is -0.154. The molecule has 0 saturated carbocycles. The Morgan fingerprint density at radius 1 is 0.490 bits per heavy atom. The number of hydrogen-bond donors (Lipinski definition) is 1. The van der Waals surface area contributed by atoms with Gasteiger partial charge < -0.3 is 14.6 Å². The van der Waals surface area contributed by atoms with Gasteiger partial charge in [-0.15, -0.1) is 0 Å². The Labute approximate surface area is 316 Å². The first-order valence-electron chi connectivity index (χ1n) is 21.2. The van der Waals surface area contributed by atoms with Crippen molar-refractivity contribution in [1.82, 2.24) is 0 Å². The van der Waals surface area contributed by atoms with Crippen molar-refractivity contribution in [3.63, 3.8) is 0 Å². The molecule has 1 unspecified atom stereocenters. The van der Waals surface area contributed by atoms with Crippen molar-refractivity contribution in [2.24, 2.45) is 0 Å². The number of carbonyl (C=O) groups excluding carboxylic acids is 1. The van der Waals surface area contributed by atoms with E-state index in [0.717, 1.165) is 51.4 Å². The molecule has 0 aliphatic carbocycles. The van der Waals surface area contributed by atoms with E-state index in [1.165, 1.54) is 103 Å². The first-order chi connectivity index (χ1) is 25.2. The molecule has 0 amide bonds. The van der Waals surface area contributed by atoms with Crippen LogP contribution in [0.1, 0.15) is 181 Å². The number of allylic oxidation sites excluding steroid dienone is 14. The van der Waals surface area contributed by atoms with Gasteiger partial charge in [-0.05, 0) is 77.0 Å². The third-order valence-corrected chi connectivity index (χ3v) is 8.72. The summed E-state index contributed by atoms with van der Waals surface area (Å²) >= 11 is 0. The van der Waals surface area contributed by atoms with Crippen LogP contribution in [-0.4, -0.2) is 37.0 Å². The van der Waals surface area contributed by atoms with Crippen LogP contribution in [0.15, 0.2) is 85.1 Å². The van der Waals surface area contributed by atoms with Crippen LogP contribution in [0.2, 0.25) is 0 Å². The molecule has 0 aromatic carbocycles. The van der Waals surface area contributed by atoms with E-state index in [2.05, 4.69) is 92.8 Å². The molecular weight excluding hydrogens is 629 g/mol. The van der Waals surface area contributed by atoms with Gasteiger partial charge in [0.2, 0.25) is 0 Å². The zero-order valence-corrected chi connectivity index (χ0v) is 33.3. The highest BCUT2D eigenvalue weighted by Gasteiger charge is 2.13. The highest BCUT2D eigenvalue weighted by molar-refractivity contribution is 5.69. The molecule has 0 aromatic rings. The molecule has 0 radical (unpaired) electrons. The van der Waals surface area contributed by atoms with Crippen LogP contribution in [0.4, 0.5) is 0 Å². The van der Waals surface area contributed by atoms with E-state index in [-0.39, 0.29) is 19.2 Å². The Kier molecular flexibility index (Phi) is 41.6. The molecule has 0 aromatic heterocycles. The minimum atomic E-state index is -0.578. The minimum Gasteiger partial charge on any atom is -0.457 e. The van der Waals surface area contributed by atoms with Gasteiger partial charge >= 0.3 is 5.97 Å². The minimum absolute atomic E-state index is 0.206. The van der Waals surface area contributed by atoms with Crippen LogP contribution < -0.4 is 0 Å². The standard InChI is InChI=1S/C47H80O4/c1-3-5-7-9-11-13-15-17-18-19-20-21-22-23-24-25-26-27-28-29-31-33-35-37-39-41-43-50-45-46(44-48)51-47(49)42-40-38-36-34-32-30-16-14-12-10-8-6-4-2/h6,8,12,14-15,17,19-20,22-23,30,32,36,38,46,48H,3-5,7,9-11,13,16,18,21,24-29,31,33-35,37,39-45H2,1-2H3/b8-6-,14-12-,17-15-,20-19-,23-22-,32-30-,38-36-. The number of aliphatic hydroxyl groups excluding tert-OH is 1. The van der Waals surface area contributed by atoms with Gasteiger partial charge in [0.1, 0.15) is 6.10 Å². The Balaban J connectivity index is 3.50. The van der Waals surface area contributed by atoms with Gasteiger partial charge in [-0.2, -0.15) is 0 Å². The van der Waals surface area contributed by atoms with Gasteiger partial charge in [0.15, 0.2) is 0 Å². The molecule has 292 valence electrons. The number of carbonyl (C=O) groups is 1. The molecule has 1 N–H and O–H groups in total. The third kappa shape index (κ3) is 41.9. The van der Waals surface area contributed by atoms with Crippen molar-refractivity contribution in [3.05, 3.63) is 85.1 Å². The fourth-order valence-corrected chi connectivity index (χ4v) is 5.58. The average Bonchev–Trinajstić information content (AvgIpc) is 3.14. The molecule has 0 heterocycles. The summed E-state index contributed by atoms with van der Waals surface area (Å²) in [5, 5.41) is 9.57. The predicted molar refractivity (Wildman–Crippen MR) is 223 cm³/mol. The van der Waals surface area contributed by atoms with E-state index < -0.39 is 6.10 Å². The fourth-order valence-electron chi connectivity index (χ4n) is 5.58. The lowest BCUT2D eigenvalue weighted by atomic mass is 10.1. The SMILES string of the molecule is CC/C=C\C/C=C\C/C=C\C/C=C\CCC(=O)OC(CO)COCCCCCCCCCCCCC/C=C\C/C=C\C/C=C\CCCCCCC. The van der Waals surface area contributed by atoms with Crippen LogP contribution in [0.5, 0.6) is 0 Å². The Morgan fingerprint density at radius 3 is 1.33 bits per heavy atom. The molecule has 0 aliphatic heterocycles. The normalized spacial score (nSPS) is 13.2. The van der Waals surface area contributed by atoms with E-state index >= 15 is 0 Å². The molecule has 4 heteroatoms. The smallest absolute Gasteiger partial charge is 0.306 e. The summed E-state index contributed by atoms with van der Waals surface area (Å²) in [5.74, 6) is -0.284.